The molecular weight excluding hydrogens is 354 g/mol. The summed E-state index contributed by atoms with van der Waals surface area (Å²) in [6.07, 6.45) is 4.07. The zero-order chi connectivity index (χ0) is 17.8. The van der Waals surface area contributed by atoms with Crippen LogP contribution in [-0.4, -0.2) is 46.1 Å². The zero-order valence-corrected chi connectivity index (χ0v) is 15.7. The number of carbonyl (C=O) groups excluding carboxylic acids is 2. The Balaban J connectivity index is 0.00000243. The monoisotopic (exact) mass is 377 g/mol. The highest BCUT2D eigenvalue weighted by Crippen LogP contribution is 2.17. The fourth-order valence-electron chi connectivity index (χ4n) is 3.13. The van der Waals surface area contributed by atoms with E-state index in [1.807, 2.05) is 30.3 Å². The lowest BCUT2D eigenvalue weighted by atomic mass is 10.1. The maximum absolute atomic E-state index is 12.6. The third kappa shape index (κ3) is 4.42. The van der Waals surface area contributed by atoms with Crippen molar-refractivity contribution in [3.8, 4) is 0 Å². The molecule has 2 atom stereocenters. The van der Waals surface area contributed by atoms with E-state index >= 15 is 0 Å². The molecular formula is C18H24ClN5O2. The van der Waals surface area contributed by atoms with E-state index in [1.54, 1.807) is 36.1 Å². The molecule has 7 nitrogen and oxygen atoms in total. The summed E-state index contributed by atoms with van der Waals surface area (Å²) in [6.45, 7) is 1.22. The second kappa shape index (κ2) is 8.82. The number of nitrogens with zero attached hydrogens (tertiary/aromatic N) is 3. The molecule has 3 rings (SSSR count). The Morgan fingerprint density at radius 2 is 2.08 bits per heavy atom. The molecule has 0 spiro atoms. The van der Waals surface area contributed by atoms with Crippen LogP contribution in [0.3, 0.4) is 0 Å². The lowest BCUT2D eigenvalue weighted by molar-refractivity contribution is -0.133. The van der Waals surface area contributed by atoms with Crippen LogP contribution in [0.1, 0.15) is 23.6 Å². The Labute approximate surface area is 159 Å². The molecule has 2 aromatic rings. The predicted molar refractivity (Wildman–Crippen MR) is 101 cm³/mol. The summed E-state index contributed by atoms with van der Waals surface area (Å²) >= 11 is 0. The van der Waals surface area contributed by atoms with Crippen molar-refractivity contribution < 1.29 is 9.59 Å². The van der Waals surface area contributed by atoms with Gasteiger partial charge in [0.05, 0.1) is 6.20 Å². The molecule has 0 saturated carbocycles. The Kier molecular flexibility index (Phi) is 6.76. The molecule has 1 aliphatic heterocycles. The van der Waals surface area contributed by atoms with Gasteiger partial charge in [-0.05, 0) is 19.0 Å². The summed E-state index contributed by atoms with van der Waals surface area (Å²) in [4.78, 5) is 26.9. The van der Waals surface area contributed by atoms with Crippen molar-refractivity contribution in [3.63, 3.8) is 0 Å². The van der Waals surface area contributed by atoms with Gasteiger partial charge in [-0.3, -0.25) is 14.3 Å². The molecule has 0 radical (unpaired) electrons. The van der Waals surface area contributed by atoms with E-state index in [1.165, 1.54) is 0 Å². The molecule has 1 aromatic heterocycles. The van der Waals surface area contributed by atoms with Crippen molar-refractivity contribution in [2.24, 2.45) is 7.05 Å². The van der Waals surface area contributed by atoms with E-state index in [-0.39, 0.29) is 24.2 Å². The lowest BCUT2D eigenvalue weighted by Gasteiger charge is -2.19. The van der Waals surface area contributed by atoms with Gasteiger partial charge >= 0.3 is 0 Å². The summed E-state index contributed by atoms with van der Waals surface area (Å²) in [5.74, 6) is -0.242. The van der Waals surface area contributed by atoms with E-state index in [0.717, 1.165) is 11.1 Å². The van der Waals surface area contributed by atoms with Crippen molar-refractivity contribution in [2.75, 3.05) is 13.6 Å². The van der Waals surface area contributed by atoms with Crippen molar-refractivity contribution in [3.05, 3.63) is 53.9 Å². The second-order valence-electron chi connectivity index (χ2n) is 6.26. The highest BCUT2D eigenvalue weighted by molar-refractivity contribution is 5.91. The van der Waals surface area contributed by atoms with Gasteiger partial charge in [0.25, 0.3) is 0 Å². The average molecular weight is 378 g/mol. The maximum Gasteiger partial charge on any atom is 0.245 e. The Morgan fingerprint density at radius 3 is 2.69 bits per heavy atom. The number of benzene rings is 1. The molecule has 1 fully saturated rings. The SMILES string of the molecule is CNC(C(=O)NC1CCN(Cc2ccccc2)C1=O)c1cnn(C)c1.Cl. The number of hydrogen-bond donors (Lipinski definition) is 2. The number of likely N-dealkylation sites (tertiary alicyclic amines) is 1. The maximum atomic E-state index is 12.6. The van der Waals surface area contributed by atoms with Gasteiger partial charge < -0.3 is 15.5 Å². The minimum Gasteiger partial charge on any atom is -0.343 e. The molecule has 26 heavy (non-hydrogen) atoms. The lowest BCUT2D eigenvalue weighted by Crippen LogP contribution is -2.45. The number of carbonyl (C=O) groups is 2. The fourth-order valence-corrected chi connectivity index (χ4v) is 3.13. The molecule has 2 unspecified atom stereocenters. The molecule has 140 valence electrons. The number of likely N-dealkylation sites (N-methyl/N-ethyl adjacent to an activating group) is 1. The molecule has 8 heteroatoms. The van der Waals surface area contributed by atoms with E-state index in [4.69, 9.17) is 0 Å². The minimum atomic E-state index is -0.523. The molecule has 1 saturated heterocycles. The Bertz CT molecular complexity index is 749. The number of hydrogen-bond acceptors (Lipinski definition) is 4. The first kappa shape index (κ1) is 19.9. The topological polar surface area (TPSA) is 79.3 Å². The van der Waals surface area contributed by atoms with Crippen LogP contribution in [0, 0.1) is 0 Å². The van der Waals surface area contributed by atoms with Crippen LogP contribution in [0.4, 0.5) is 0 Å². The molecule has 2 amide bonds. The first-order valence-electron chi connectivity index (χ1n) is 8.37. The van der Waals surface area contributed by atoms with E-state index in [2.05, 4.69) is 15.7 Å². The van der Waals surface area contributed by atoms with E-state index < -0.39 is 12.1 Å². The summed E-state index contributed by atoms with van der Waals surface area (Å²) < 4.78 is 1.65. The number of aromatic nitrogens is 2. The summed E-state index contributed by atoms with van der Waals surface area (Å²) in [5, 5.41) is 9.95. The molecule has 1 aromatic carbocycles. The first-order chi connectivity index (χ1) is 12.1. The summed E-state index contributed by atoms with van der Waals surface area (Å²) in [5.41, 5.74) is 1.86. The molecule has 2 heterocycles. The number of aryl methyl sites for hydroxylation is 1. The number of halogens is 1. The number of rotatable bonds is 6. The number of amides is 2. The van der Waals surface area contributed by atoms with Gasteiger partial charge in [0.1, 0.15) is 12.1 Å². The van der Waals surface area contributed by atoms with Crippen LogP contribution >= 0.6 is 12.4 Å². The van der Waals surface area contributed by atoms with Gasteiger partial charge in [-0.25, -0.2) is 0 Å². The smallest absolute Gasteiger partial charge is 0.245 e. The highest BCUT2D eigenvalue weighted by Gasteiger charge is 2.34. The number of nitrogens with one attached hydrogen (secondary N) is 2. The van der Waals surface area contributed by atoms with Crippen molar-refractivity contribution in [2.45, 2.75) is 25.0 Å². The van der Waals surface area contributed by atoms with Gasteiger partial charge in [-0.2, -0.15) is 5.10 Å². The van der Waals surface area contributed by atoms with Crippen LogP contribution in [0.5, 0.6) is 0 Å². The average Bonchev–Trinajstić information content (AvgIpc) is 3.17. The Hall–Kier alpha value is -2.38. The Morgan fingerprint density at radius 1 is 1.35 bits per heavy atom. The summed E-state index contributed by atoms with van der Waals surface area (Å²) in [7, 11) is 3.52. The highest BCUT2D eigenvalue weighted by atomic mass is 35.5. The van der Waals surface area contributed by atoms with Crippen LogP contribution in [0.15, 0.2) is 42.7 Å². The van der Waals surface area contributed by atoms with Gasteiger partial charge in [0, 0.05) is 31.9 Å². The first-order valence-corrected chi connectivity index (χ1v) is 8.37. The fraction of sp³-hybridized carbons (Fsp3) is 0.389. The van der Waals surface area contributed by atoms with Crippen LogP contribution < -0.4 is 10.6 Å². The second-order valence-corrected chi connectivity index (χ2v) is 6.26. The third-order valence-corrected chi connectivity index (χ3v) is 4.44. The van der Waals surface area contributed by atoms with Gasteiger partial charge in [-0.15, -0.1) is 12.4 Å². The van der Waals surface area contributed by atoms with E-state index in [9.17, 15) is 9.59 Å². The van der Waals surface area contributed by atoms with Gasteiger partial charge in [-0.1, -0.05) is 30.3 Å². The van der Waals surface area contributed by atoms with Crippen molar-refractivity contribution in [1.29, 1.82) is 0 Å². The van der Waals surface area contributed by atoms with Crippen LogP contribution in [0.2, 0.25) is 0 Å². The minimum absolute atomic E-state index is 0. The normalized spacial score (nSPS) is 17.7. The molecule has 0 aliphatic carbocycles. The summed E-state index contributed by atoms with van der Waals surface area (Å²) in [6, 6.07) is 8.88. The largest absolute Gasteiger partial charge is 0.343 e. The predicted octanol–water partition coefficient (Wildman–Crippen LogP) is 1.02. The third-order valence-electron chi connectivity index (χ3n) is 4.44. The van der Waals surface area contributed by atoms with Gasteiger partial charge in [0.2, 0.25) is 11.8 Å². The van der Waals surface area contributed by atoms with Crippen LogP contribution in [0.25, 0.3) is 0 Å². The van der Waals surface area contributed by atoms with Crippen molar-refractivity contribution >= 4 is 24.2 Å². The van der Waals surface area contributed by atoms with Crippen LogP contribution in [-0.2, 0) is 23.2 Å². The standard InChI is InChI=1S/C18H23N5O2.ClH/c1-19-16(14-10-20-22(2)12-14)17(24)21-15-8-9-23(18(15)25)11-13-6-4-3-5-7-13;/h3-7,10,12,15-16,19H,8-9,11H2,1-2H3,(H,21,24);1H. The quantitative estimate of drug-likeness (QED) is 0.787. The molecule has 2 N–H and O–H groups in total. The van der Waals surface area contributed by atoms with E-state index in [0.29, 0.717) is 19.5 Å². The zero-order valence-electron chi connectivity index (χ0n) is 14.9. The molecule has 1 aliphatic rings. The van der Waals surface area contributed by atoms with Crippen molar-refractivity contribution in [1.82, 2.24) is 25.3 Å². The molecule has 0 bridgehead atoms. The van der Waals surface area contributed by atoms with Gasteiger partial charge in [0.15, 0.2) is 0 Å².